The van der Waals surface area contributed by atoms with Gasteiger partial charge in [-0.2, -0.15) is 0 Å². The van der Waals surface area contributed by atoms with Crippen LogP contribution in [0.4, 0.5) is 0 Å². The molecule has 1 aliphatic carbocycles. The third kappa shape index (κ3) is 3.36. The van der Waals surface area contributed by atoms with E-state index in [2.05, 4.69) is 23.5 Å². The highest BCUT2D eigenvalue weighted by Crippen LogP contribution is 2.28. The molecular formula is C16H23NO2S. The molecule has 1 unspecified atom stereocenters. The average Bonchev–Trinajstić information content (AvgIpc) is 2.93. The molecule has 0 aromatic heterocycles. The third-order valence-electron chi connectivity index (χ3n) is 4.13. The Morgan fingerprint density at radius 3 is 2.85 bits per heavy atom. The van der Waals surface area contributed by atoms with Crippen LogP contribution in [-0.4, -0.2) is 31.4 Å². The largest absolute Gasteiger partial charge is 0.468 e. The highest BCUT2D eigenvalue weighted by atomic mass is 32.2. The first-order valence-corrected chi connectivity index (χ1v) is 8.09. The van der Waals surface area contributed by atoms with E-state index in [1.54, 1.807) is 7.05 Å². The van der Waals surface area contributed by atoms with Crippen LogP contribution in [-0.2, 0) is 22.4 Å². The number of ether oxygens (including phenoxy) is 1. The van der Waals surface area contributed by atoms with Crippen molar-refractivity contribution in [1.29, 1.82) is 0 Å². The highest BCUT2D eigenvalue weighted by Gasteiger charge is 2.31. The number of carbonyl (C=O) groups excluding carboxylic acids is 1. The van der Waals surface area contributed by atoms with Gasteiger partial charge in [-0.05, 0) is 62.9 Å². The van der Waals surface area contributed by atoms with E-state index < -0.39 is 5.54 Å². The number of hydrogen-bond acceptors (Lipinski definition) is 4. The SMILES string of the molecule is CNC(C)(CCSc1ccc2c(c1)CCC2)C(=O)OC. The van der Waals surface area contributed by atoms with Crippen LogP contribution >= 0.6 is 11.8 Å². The Morgan fingerprint density at radius 2 is 2.15 bits per heavy atom. The Kier molecular flexibility index (Phi) is 5.11. The molecule has 0 fully saturated rings. The Morgan fingerprint density at radius 1 is 1.40 bits per heavy atom. The molecule has 0 bridgehead atoms. The minimum absolute atomic E-state index is 0.199. The Hall–Kier alpha value is -1.00. The summed E-state index contributed by atoms with van der Waals surface area (Å²) in [5.74, 6) is 0.695. The molecule has 3 nitrogen and oxygen atoms in total. The van der Waals surface area contributed by atoms with Gasteiger partial charge in [-0.3, -0.25) is 4.79 Å². The first-order valence-electron chi connectivity index (χ1n) is 7.11. The van der Waals surface area contributed by atoms with Gasteiger partial charge in [0.2, 0.25) is 0 Å². The Bertz CT molecular complexity index is 489. The molecule has 0 aliphatic heterocycles. The topological polar surface area (TPSA) is 38.3 Å². The number of esters is 1. The van der Waals surface area contributed by atoms with Gasteiger partial charge in [0.05, 0.1) is 7.11 Å². The molecule has 110 valence electrons. The van der Waals surface area contributed by atoms with Gasteiger partial charge < -0.3 is 10.1 Å². The standard InChI is InChI=1S/C16H23NO2S/c1-16(17-2,15(18)19-3)9-10-20-14-8-7-12-5-4-6-13(12)11-14/h7-8,11,17H,4-6,9-10H2,1-3H3. The van der Waals surface area contributed by atoms with E-state index in [1.807, 2.05) is 18.7 Å². The molecule has 4 heteroatoms. The average molecular weight is 293 g/mol. The van der Waals surface area contributed by atoms with Gasteiger partial charge in [0.1, 0.15) is 5.54 Å². The maximum atomic E-state index is 11.8. The number of fused-ring (bicyclic) bond motifs is 1. The number of benzene rings is 1. The monoisotopic (exact) mass is 293 g/mol. The predicted octanol–water partition coefficient (Wildman–Crippen LogP) is 2.81. The van der Waals surface area contributed by atoms with E-state index in [1.165, 1.54) is 42.4 Å². The first-order chi connectivity index (χ1) is 9.59. The molecule has 1 aliphatic rings. The number of thioether (sulfide) groups is 1. The highest BCUT2D eigenvalue weighted by molar-refractivity contribution is 7.99. The van der Waals surface area contributed by atoms with E-state index in [9.17, 15) is 4.79 Å². The zero-order chi connectivity index (χ0) is 14.6. The quantitative estimate of drug-likeness (QED) is 0.646. The van der Waals surface area contributed by atoms with Crippen molar-refractivity contribution in [2.45, 2.75) is 43.0 Å². The van der Waals surface area contributed by atoms with E-state index in [0.717, 1.165) is 12.2 Å². The van der Waals surface area contributed by atoms with E-state index in [4.69, 9.17) is 4.74 Å². The first kappa shape index (κ1) is 15.4. The fraction of sp³-hybridized carbons (Fsp3) is 0.562. The lowest BCUT2D eigenvalue weighted by atomic mass is 10.00. The molecule has 0 saturated carbocycles. The van der Waals surface area contributed by atoms with Crippen LogP contribution in [0.5, 0.6) is 0 Å². The maximum absolute atomic E-state index is 11.8. The number of likely N-dealkylation sites (N-methyl/N-ethyl adjacent to an activating group) is 1. The van der Waals surface area contributed by atoms with Crippen LogP contribution in [0, 0.1) is 0 Å². The molecule has 0 amide bonds. The van der Waals surface area contributed by atoms with Gasteiger partial charge in [-0.1, -0.05) is 6.07 Å². The number of methoxy groups -OCH3 is 1. The summed E-state index contributed by atoms with van der Waals surface area (Å²) in [6.45, 7) is 1.89. The molecule has 0 radical (unpaired) electrons. The van der Waals surface area contributed by atoms with Gasteiger partial charge in [-0.25, -0.2) is 0 Å². The van der Waals surface area contributed by atoms with Crippen molar-refractivity contribution in [2.24, 2.45) is 0 Å². The van der Waals surface area contributed by atoms with Crippen molar-refractivity contribution >= 4 is 17.7 Å². The summed E-state index contributed by atoms with van der Waals surface area (Å²) in [6, 6.07) is 6.76. The fourth-order valence-corrected chi connectivity index (χ4v) is 3.70. The van der Waals surface area contributed by atoms with E-state index >= 15 is 0 Å². The Labute approximate surface area is 125 Å². The van der Waals surface area contributed by atoms with E-state index in [-0.39, 0.29) is 5.97 Å². The number of rotatable bonds is 6. The third-order valence-corrected chi connectivity index (χ3v) is 5.12. The van der Waals surface area contributed by atoms with Crippen molar-refractivity contribution in [1.82, 2.24) is 5.32 Å². The van der Waals surface area contributed by atoms with Gasteiger partial charge in [0, 0.05) is 10.6 Å². The molecule has 1 aromatic rings. The van der Waals surface area contributed by atoms with Crippen molar-refractivity contribution in [3.8, 4) is 0 Å². The van der Waals surface area contributed by atoms with Gasteiger partial charge >= 0.3 is 5.97 Å². The second kappa shape index (κ2) is 6.64. The van der Waals surface area contributed by atoms with Gasteiger partial charge in [0.25, 0.3) is 0 Å². The molecule has 0 saturated heterocycles. The zero-order valence-electron chi connectivity index (χ0n) is 12.5. The normalized spacial score (nSPS) is 16.6. The molecule has 1 N–H and O–H groups in total. The van der Waals surface area contributed by atoms with Crippen molar-refractivity contribution in [3.63, 3.8) is 0 Å². The van der Waals surface area contributed by atoms with E-state index in [0.29, 0.717) is 0 Å². The van der Waals surface area contributed by atoms with Gasteiger partial charge in [-0.15, -0.1) is 11.8 Å². The van der Waals surface area contributed by atoms with Crippen LogP contribution in [0.2, 0.25) is 0 Å². The van der Waals surface area contributed by atoms with Crippen LogP contribution < -0.4 is 5.32 Å². The summed E-state index contributed by atoms with van der Waals surface area (Å²) in [6.07, 6.45) is 4.46. The molecular weight excluding hydrogens is 270 g/mol. The van der Waals surface area contributed by atoms with Crippen molar-refractivity contribution in [2.75, 3.05) is 19.9 Å². The summed E-state index contributed by atoms with van der Waals surface area (Å²) >= 11 is 1.81. The smallest absolute Gasteiger partial charge is 0.325 e. The Balaban J connectivity index is 1.91. The van der Waals surface area contributed by atoms with Gasteiger partial charge in [0.15, 0.2) is 0 Å². The molecule has 2 rings (SSSR count). The minimum Gasteiger partial charge on any atom is -0.468 e. The summed E-state index contributed by atoms with van der Waals surface area (Å²) in [4.78, 5) is 13.1. The summed E-state index contributed by atoms with van der Waals surface area (Å²) in [7, 11) is 3.24. The maximum Gasteiger partial charge on any atom is 0.325 e. The molecule has 0 heterocycles. The number of nitrogens with one attached hydrogen (secondary N) is 1. The van der Waals surface area contributed by atoms with Crippen LogP contribution in [0.25, 0.3) is 0 Å². The second-order valence-electron chi connectivity index (χ2n) is 5.46. The molecule has 0 spiro atoms. The molecule has 1 atom stereocenters. The molecule has 20 heavy (non-hydrogen) atoms. The summed E-state index contributed by atoms with van der Waals surface area (Å²) in [5.41, 5.74) is 2.40. The summed E-state index contributed by atoms with van der Waals surface area (Å²) in [5, 5.41) is 3.07. The van der Waals surface area contributed by atoms with Crippen LogP contribution in [0.15, 0.2) is 23.1 Å². The van der Waals surface area contributed by atoms with Crippen LogP contribution in [0.3, 0.4) is 0 Å². The van der Waals surface area contributed by atoms with Crippen molar-refractivity contribution in [3.05, 3.63) is 29.3 Å². The summed E-state index contributed by atoms with van der Waals surface area (Å²) < 4.78 is 4.86. The van der Waals surface area contributed by atoms with Crippen molar-refractivity contribution < 1.29 is 9.53 Å². The number of hydrogen-bond donors (Lipinski definition) is 1. The fourth-order valence-electron chi connectivity index (χ4n) is 2.57. The molecule has 1 aromatic carbocycles. The lowest BCUT2D eigenvalue weighted by molar-refractivity contribution is -0.147. The second-order valence-corrected chi connectivity index (χ2v) is 6.62. The number of carbonyl (C=O) groups is 1. The lowest BCUT2D eigenvalue weighted by Crippen LogP contribution is -2.48. The zero-order valence-corrected chi connectivity index (χ0v) is 13.3. The predicted molar refractivity (Wildman–Crippen MR) is 83.3 cm³/mol. The van der Waals surface area contributed by atoms with Crippen LogP contribution in [0.1, 0.15) is 30.9 Å². The number of aryl methyl sites for hydroxylation is 2. The minimum atomic E-state index is -0.599. The lowest BCUT2D eigenvalue weighted by Gasteiger charge is -2.25.